The Labute approximate surface area is 193 Å². The summed E-state index contributed by atoms with van der Waals surface area (Å²) in [5.41, 5.74) is 2.52. The summed E-state index contributed by atoms with van der Waals surface area (Å²) in [6.45, 7) is 2.72. The standard InChI is InChI=1S/C25H27Cl2NO3/c1-17(12-18-8-10-23(29)11-9-18)28(15-24(30)19-4-2-6-21(26)13-19)16-25(31)20-5-3-7-22(27)14-20/h2-11,13-14,17,24-25,29-31H,12,15-16H2,1H3/t17-,24?,25?/m0/s1. The van der Waals surface area contributed by atoms with Crippen LogP contribution >= 0.6 is 23.2 Å². The molecule has 0 fully saturated rings. The number of benzene rings is 3. The summed E-state index contributed by atoms with van der Waals surface area (Å²) in [4.78, 5) is 2.06. The summed E-state index contributed by atoms with van der Waals surface area (Å²) in [6, 6.07) is 21.4. The molecule has 3 aromatic carbocycles. The molecule has 0 aromatic heterocycles. The van der Waals surface area contributed by atoms with Crippen molar-refractivity contribution in [1.29, 1.82) is 0 Å². The topological polar surface area (TPSA) is 63.9 Å². The van der Waals surface area contributed by atoms with Crippen molar-refractivity contribution in [2.75, 3.05) is 13.1 Å². The molecule has 6 heteroatoms. The third kappa shape index (κ3) is 6.96. The van der Waals surface area contributed by atoms with Crippen molar-refractivity contribution in [2.45, 2.75) is 31.6 Å². The Morgan fingerprint density at radius 3 is 1.71 bits per heavy atom. The molecular weight excluding hydrogens is 433 g/mol. The van der Waals surface area contributed by atoms with Crippen LogP contribution in [0.4, 0.5) is 0 Å². The van der Waals surface area contributed by atoms with Gasteiger partial charge in [-0.1, -0.05) is 59.6 Å². The molecule has 3 atom stereocenters. The maximum atomic E-state index is 10.9. The Hall–Kier alpha value is -2.08. The van der Waals surface area contributed by atoms with E-state index in [0.717, 1.165) is 16.7 Å². The van der Waals surface area contributed by atoms with E-state index in [-0.39, 0.29) is 11.8 Å². The van der Waals surface area contributed by atoms with Gasteiger partial charge >= 0.3 is 0 Å². The molecule has 0 saturated heterocycles. The molecule has 0 amide bonds. The highest BCUT2D eigenvalue weighted by Gasteiger charge is 2.23. The molecule has 0 saturated carbocycles. The molecular formula is C25H27Cl2NO3. The van der Waals surface area contributed by atoms with Gasteiger partial charge in [-0.3, -0.25) is 4.90 Å². The van der Waals surface area contributed by atoms with Crippen molar-refractivity contribution in [1.82, 2.24) is 4.90 Å². The third-order valence-electron chi connectivity index (χ3n) is 5.37. The van der Waals surface area contributed by atoms with Crippen molar-refractivity contribution in [2.24, 2.45) is 0 Å². The highest BCUT2D eigenvalue weighted by molar-refractivity contribution is 6.30. The van der Waals surface area contributed by atoms with Crippen LogP contribution in [0, 0.1) is 0 Å². The number of aliphatic hydroxyl groups is 2. The van der Waals surface area contributed by atoms with Crippen LogP contribution in [0.1, 0.15) is 35.8 Å². The molecule has 0 radical (unpaired) electrons. The molecule has 3 aromatic rings. The molecule has 0 heterocycles. The number of phenols is 1. The molecule has 0 aliphatic rings. The number of hydrogen-bond acceptors (Lipinski definition) is 4. The minimum Gasteiger partial charge on any atom is -0.508 e. The normalized spacial score (nSPS) is 14.4. The number of halogens is 2. The molecule has 4 nitrogen and oxygen atoms in total. The first-order chi connectivity index (χ1) is 14.8. The van der Waals surface area contributed by atoms with E-state index in [9.17, 15) is 15.3 Å². The smallest absolute Gasteiger partial charge is 0.115 e. The highest BCUT2D eigenvalue weighted by Crippen LogP contribution is 2.24. The second kappa shape index (κ2) is 11.0. The van der Waals surface area contributed by atoms with E-state index >= 15 is 0 Å². The number of aliphatic hydroxyl groups excluding tert-OH is 2. The lowest BCUT2D eigenvalue weighted by atomic mass is 10.0. The van der Waals surface area contributed by atoms with Crippen LogP contribution in [0.2, 0.25) is 10.0 Å². The SMILES string of the molecule is C[C@@H](Cc1ccc(O)cc1)N(CC(O)c1cccc(Cl)c1)CC(O)c1cccc(Cl)c1. The predicted molar refractivity (Wildman–Crippen MR) is 126 cm³/mol. The zero-order valence-corrected chi connectivity index (χ0v) is 18.8. The van der Waals surface area contributed by atoms with Crippen LogP contribution in [0.5, 0.6) is 5.75 Å². The van der Waals surface area contributed by atoms with Crippen molar-refractivity contribution < 1.29 is 15.3 Å². The third-order valence-corrected chi connectivity index (χ3v) is 5.84. The fraction of sp³-hybridized carbons (Fsp3) is 0.280. The van der Waals surface area contributed by atoms with E-state index in [1.807, 2.05) is 36.4 Å². The van der Waals surface area contributed by atoms with Crippen LogP contribution in [0.25, 0.3) is 0 Å². The van der Waals surface area contributed by atoms with Crippen molar-refractivity contribution in [3.63, 3.8) is 0 Å². The van der Waals surface area contributed by atoms with Gasteiger partial charge in [-0.25, -0.2) is 0 Å². The lowest BCUT2D eigenvalue weighted by Gasteiger charge is -2.33. The van der Waals surface area contributed by atoms with E-state index in [2.05, 4.69) is 11.8 Å². The number of aromatic hydroxyl groups is 1. The van der Waals surface area contributed by atoms with Crippen molar-refractivity contribution in [3.8, 4) is 5.75 Å². The second-order valence-electron chi connectivity index (χ2n) is 7.82. The van der Waals surface area contributed by atoms with Gasteiger partial charge in [0.2, 0.25) is 0 Å². The maximum absolute atomic E-state index is 10.9. The second-order valence-corrected chi connectivity index (χ2v) is 8.69. The Kier molecular flexibility index (Phi) is 8.35. The zero-order valence-electron chi connectivity index (χ0n) is 17.3. The number of rotatable bonds is 9. The molecule has 31 heavy (non-hydrogen) atoms. The molecule has 0 spiro atoms. The van der Waals surface area contributed by atoms with Gasteiger partial charge in [0.25, 0.3) is 0 Å². The molecule has 0 aliphatic heterocycles. The van der Waals surface area contributed by atoms with Crippen molar-refractivity contribution in [3.05, 3.63) is 99.5 Å². The molecule has 3 N–H and O–H groups in total. The quantitative estimate of drug-likeness (QED) is 0.400. The highest BCUT2D eigenvalue weighted by atomic mass is 35.5. The van der Waals surface area contributed by atoms with Gasteiger partial charge in [0, 0.05) is 29.2 Å². The fourth-order valence-electron chi connectivity index (χ4n) is 3.62. The van der Waals surface area contributed by atoms with Crippen LogP contribution in [-0.2, 0) is 6.42 Å². The average molecular weight is 460 g/mol. The van der Waals surface area contributed by atoms with Crippen LogP contribution in [-0.4, -0.2) is 39.4 Å². The van der Waals surface area contributed by atoms with E-state index in [4.69, 9.17) is 23.2 Å². The lowest BCUT2D eigenvalue weighted by Crippen LogP contribution is -2.40. The maximum Gasteiger partial charge on any atom is 0.115 e. The first-order valence-corrected chi connectivity index (χ1v) is 11.0. The number of hydrogen-bond donors (Lipinski definition) is 3. The summed E-state index contributed by atoms with van der Waals surface area (Å²) in [5.74, 6) is 0.223. The molecule has 3 rings (SSSR count). The molecule has 2 unspecified atom stereocenters. The zero-order chi connectivity index (χ0) is 22.4. The van der Waals surface area contributed by atoms with Gasteiger partial charge in [-0.05, 0) is 66.4 Å². The summed E-state index contributed by atoms with van der Waals surface area (Å²) >= 11 is 12.2. The Bertz CT molecular complexity index is 927. The minimum atomic E-state index is -0.757. The summed E-state index contributed by atoms with van der Waals surface area (Å²) in [7, 11) is 0. The van der Waals surface area contributed by atoms with Crippen LogP contribution in [0.3, 0.4) is 0 Å². The van der Waals surface area contributed by atoms with Gasteiger partial charge in [-0.15, -0.1) is 0 Å². The Morgan fingerprint density at radius 1 is 0.774 bits per heavy atom. The number of nitrogens with zero attached hydrogens (tertiary/aromatic N) is 1. The fourth-order valence-corrected chi connectivity index (χ4v) is 4.02. The lowest BCUT2D eigenvalue weighted by molar-refractivity contribution is 0.0480. The van der Waals surface area contributed by atoms with Crippen LogP contribution in [0.15, 0.2) is 72.8 Å². The average Bonchev–Trinajstić information content (AvgIpc) is 2.74. The van der Waals surface area contributed by atoms with Gasteiger partial charge in [0.05, 0.1) is 12.2 Å². The monoisotopic (exact) mass is 459 g/mol. The summed E-state index contributed by atoms with van der Waals surface area (Å²) in [5, 5.41) is 32.4. The first kappa shape index (κ1) is 23.6. The molecule has 0 bridgehead atoms. The largest absolute Gasteiger partial charge is 0.508 e. The molecule has 164 valence electrons. The Balaban J connectivity index is 1.78. The molecule has 0 aliphatic carbocycles. The van der Waals surface area contributed by atoms with Gasteiger partial charge < -0.3 is 15.3 Å². The van der Waals surface area contributed by atoms with Gasteiger partial charge in [0.15, 0.2) is 0 Å². The predicted octanol–water partition coefficient (Wildman–Crippen LogP) is 5.40. The van der Waals surface area contributed by atoms with E-state index < -0.39 is 12.2 Å². The van der Waals surface area contributed by atoms with E-state index in [1.54, 1.807) is 36.4 Å². The first-order valence-electron chi connectivity index (χ1n) is 10.2. The minimum absolute atomic E-state index is 0.0206. The number of phenolic OH excluding ortho intramolecular Hbond substituents is 1. The van der Waals surface area contributed by atoms with Gasteiger partial charge in [0.1, 0.15) is 5.75 Å². The van der Waals surface area contributed by atoms with Crippen molar-refractivity contribution >= 4 is 23.2 Å². The van der Waals surface area contributed by atoms with E-state index in [0.29, 0.717) is 29.6 Å². The summed E-state index contributed by atoms with van der Waals surface area (Å²) < 4.78 is 0. The van der Waals surface area contributed by atoms with E-state index in [1.165, 1.54) is 0 Å². The van der Waals surface area contributed by atoms with Gasteiger partial charge in [-0.2, -0.15) is 0 Å². The summed E-state index contributed by atoms with van der Waals surface area (Å²) in [6.07, 6.45) is -0.815. The van der Waals surface area contributed by atoms with Crippen LogP contribution < -0.4 is 0 Å². The Morgan fingerprint density at radius 2 is 1.26 bits per heavy atom.